The zero-order valence-corrected chi connectivity index (χ0v) is 7.87. The van der Waals surface area contributed by atoms with Gasteiger partial charge in [-0.1, -0.05) is 18.2 Å². The van der Waals surface area contributed by atoms with Crippen molar-refractivity contribution in [2.45, 2.75) is 11.3 Å². The molecule has 2 heteroatoms. The lowest BCUT2D eigenvalue weighted by Gasteiger charge is -1.97. The summed E-state index contributed by atoms with van der Waals surface area (Å²) in [6, 6.07) is 10.4. The van der Waals surface area contributed by atoms with Gasteiger partial charge in [-0.3, -0.25) is 0 Å². The molecule has 0 N–H and O–H groups in total. The Bertz CT molecular complexity index is 186. The SMILES string of the molecule is ClCCCSc1ccccc1. The highest BCUT2D eigenvalue weighted by Crippen LogP contribution is 2.17. The third-order valence-electron chi connectivity index (χ3n) is 1.29. The van der Waals surface area contributed by atoms with Crippen molar-refractivity contribution in [2.24, 2.45) is 0 Å². The Morgan fingerprint density at radius 3 is 2.55 bits per heavy atom. The van der Waals surface area contributed by atoms with Crippen molar-refractivity contribution in [3.8, 4) is 0 Å². The third kappa shape index (κ3) is 3.68. The van der Waals surface area contributed by atoms with E-state index < -0.39 is 0 Å². The van der Waals surface area contributed by atoms with Crippen LogP contribution < -0.4 is 0 Å². The van der Waals surface area contributed by atoms with E-state index in [0.29, 0.717) is 0 Å². The molecule has 1 aromatic rings. The molecule has 0 aromatic heterocycles. The van der Waals surface area contributed by atoms with E-state index in [2.05, 4.69) is 24.3 Å². The molecule has 0 saturated carbocycles. The van der Waals surface area contributed by atoms with Gasteiger partial charge in [-0.15, -0.1) is 23.4 Å². The van der Waals surface area contributed by atoms with Gasteiger partial charge in [0.15, 0.2) is 0 Å². The van der Waals surface area contributed by atoms with Crippen LogP contribution in [-0.2, 0) is 0 Å². The molecule has 0 unspecified atom stereocenters. The van der Waals surface area contributed by atoms with Gasteiger partial charge in [-0.25, -0.2) is 0 Å². The van der Waals surface area contributed by atoms with E-state index in [1.807, 2.05) is 17.8 Å². The van der Waals surface area contributed by atoms with Gasteiger partial charge in [-0.05, 0) is 24.3 Å². The van der Waals surface area contributed by atoms with Gasteiger partial charge in [0, 0.05) is 10.8 Å². The third-order valence-corrected chi connectivity index (χ3v) is 2.66. The number of halogens is 1. The molecule has 0 saturated heterocycles. The van der Waals surface area contributed by atoms with Crippen molar-refractivity contribution < 1.29 is 0 Å². The Morgan fingerprint density at radius 2 is 1.91 bits per heavy atom. The summed E-state index contributed by atoms with van der Waals surface area (Å²) in [6.07, 6.45) is 1.08. The topological polar surface area (TPSA) is 0 Å². The van der Waals surface area contributed by atoms with E-state index in [-0.39, 0.29) is 0 Å². The van der Waals surface area contributed by atoms with Crippen molar-refractivity contribution in [1.82, 2.24) is 0 Å². The van der Waals surface area contributed by atoms with Gasteiger partial charge >= 0.3 is 0 Å². The van der Waals surface area contributed by atoms with E-state index in [1.165, 1.54) is 4.90 Å². The van der Waals surface area contributed by atoms with Crippen LogP contribution in [0.25, 0.3) is 0 Å². The first-order valence-electron chi connectivity index (χ1n) is 3.67. The number of benzene rings is 1. The largest absolute Gasteiger partial charge is 0.127 e. The number of alkyl halides is 1. The van der Waals surface area contributed by atoms with E-state index in [9.17, 15) is 0 Å². The molecule has 0 aliphatic rings. The Morgan fingerprint density at radius 1 is 1.18 bits per heavy atom. The molecule has 0 spiro atoms. The molecule has 0 heterocycles. The molecule has 0 fully saturated rings. The quantitative estimate of drug-likeness (QED) is 0.395. The molecule has 1 aromatic carbocycles. The first-order valence-corrected chi connectivity index (χ1v) is 5.19. The van der Waals surface area contributed by atoms with Crippen LogP contribution in [0.4, 0.5) is 0 Å². The molecular weight excluding hydrogens is 176 g/mol. The predicted molar refractivity (Wildman–Crippen MR) is 52.5 cm³/mol. The van der Waals surface area contributed by atoms with Crippen LogP contribution in [0.3, 0.4) is 0 Å². The summed E-state index contributed by atoms with van der Waals surface area (Å²) in [5.74, 6) is 1.88. The Labute approximate surface area is 77.0 Å². The van der Waals surface area contributed by atoms with Crippen LogP contribution in [0.5, 0.6) is 0 Å². The molecule has 0 bridgehead atoms. The molecule has 0 aliphatic carbocycles. The van der Waals surface area contributed by atoms with E-state index in [4.69, 9.17) is 11.6 Å². The second-order valence-corrected chi connectivity index (χ2v) is 3.75. The van der Waals surface area contributed by atoms with Crippen molar-refractivity contribution in [3.05, 3.63) is 30.3 Å². The summed E-state index contributed by atoms with van der Waals surface area (Å²) in [5, 5.41) is 0. The number of hydrogen-bond donors (Lipinski definition) is 0. The second kappa shape index (κ2) is 5.50. The van der Waals surface area contributed by atoms with E-state index in [0.717, 1.165) is 18.1 Å². The van der Waals surface area contributed by atoms with Crippen LogP contribution >= 0.6 is 23.4 Å². The molecule has 0 amide bonds. The molecule has 0 radical (unpaired) electrons. The van der Waals surface area contributed by atoms with Crippen molar-refractivity contribution >= 4 is 23.4 Å². The van der Waals surface area contributed by atoms with Gasteiger partial charge in [0.1, 0.15) is 0 Å². The van der Waals surface area contributed by atoms with Gasteiger partial charge in [0.25, 0.3) is 0 Å². The summed E-state index contributed by atoms with van der Waals surface area (Å²) in [4.78, 5) is 1.33. The first kappa shape index (κ1) is 8.95. The average molecular weight is 187 g/mol. The van der Waals surface area contributed by atoms with Crippen molar-refractivity contribution in [2.75, 3.05) is 11.6 Å². The molecule has 11 heavy (non-hydrogen) atoms. The predicted octanol–water partition coefficient (Wildman–Crippen LogP) is 3.41. The maximum atomic E-state index is 5.55. The van der Waals surface area contributed by atoms with Crippen LogP contribution in [0.15, 0.2) is 35.2 Å². The maximum absolute atomic E-state index is 5.55. The van der Waals surface area contributed by atoms with Crippen molar-refractivity contribution in [3.63, 3.8) is 0 Å². The fourth-order valence-electron chi connectivity index (χ4n) is 0.761. The molecule has 0 nitrogen and oxygen atoms in total. The highest BCUT2D eigenvalue weighted by atomic mass is 35.5. The standard InChI is InChI=1S/C9H11ClS/c10-7-4-8-11-9-5-2-1-3-6-9/h1-3,5-6H,4,7-8H2. The van der Waals surface area contributed by atoms with E-state index >= 15 is 0 Å². The van der Waals surface area contributed by atoms with Crippen LogP contribution in [0.2, 0.25) is 0 Å². The Balaban J connectivity index is 2.28. The average Bonchev–Trinajstić information content (AvgIpc) is 2.07. The first-order chi connectivity index (χ1) is 5.43. The fraction of sp³-hybridized carbons (Fsp3) is 0.333. The summed E-state index contributed by atoms with van der Waals surface area (Å²) in [7, 11) is 0. The minimum atomic E-state index is 0.764. The highest BCUT2D eigenvalue weighted by molar-refractivity contribution is 7.99. The Hall–Kier alpha value is -0.140. The molecule has 1 rings (SSSR count). The van der Waals surface area contributed by atoms with E-state index in [1.54, 1.807) is 0 Å². The molecular formula is C9H11ClS. The van der Waals surface area contributed by atoms with Gasteiger partial charge < -0.3 is 0 Å². The fourth-order valence-corrected chi connectivity index (χ4v) is 1.93. The number of rotatable bonds is 4. The summed E-state index contributed by atoms with van der Waals surface area (Å²) in [6.45, 7) is 0. The molecule has 60 valence electrons. The lowest BCUT2D eigenvalue weighted by atomic mass is 10.4. The summed E-state index contributed by atoms with van der Waals surface area (Å²) < 4.78 is 0. The second-order valence-electron chi connectivity index (χ2n) is 2.20. The number of hydrogen-bond acceptors (Lipinski definition) is 1. The lowest BCUT2D eigenvalue weighted by Crippen LogP contribution is -1.79. The molecule has 0 atom stereocenters. The van der Waals surface area contributed by atoms with Gasteiger partial charge in [-0.2, -0.15) is 0 Å². The van der Waals surface area contributed by atoms with Gasteiger partial charge in [0.05, 0.1) is 0 Å². The summed E-state index contributed by atoms with van der Waals surface area (Å²) >= 11 is 7.41. The van der Waals surface area contributed by atoms with Crippen LogP contribution in [-0.4, -0.2) is 11.6 Å². The molecule has 0 aliphatic heterocycles. The van der Waals surface area contributed by atoms with Crippen LogP contribution in [0, 0.1) is 0 Å². The number of thioether (sulfide) groups is 1. The Kier molecular flexibility index (Phi) is 4.48. The minimum absolute atomic E-state index is 0.764. The monoisotopic (exact) mass is 186 g/mol. The lowest BCUT2D eigenvalue weighted by molar-refractivity contribution is 1.11. The zero-order chi connectivity index (χ0) is 7.94. The maximum Gasteiger partial charge on any atom is 0.0231 e. The minimum Gasteiger partial charge on any atom is -0.127 e. The smallest absolute Gasteiger partial charge is 0.0231 e. The zero-order valence-electron chi connectivity index (χ0n) is 6.29. The normalized spacial score (nSPS) is 9.91. The van der Waals surface area contributed by atoms with Crippen LogP contribution in [0.1, 0.15) is 6.42 Å². The van der Waals surface area contributed by atoms with Gasteiger partial charge in [0.2, 0.25) is 0 Å². The highest BCUT2D eigenvalue weighted by Gasteiger charge is 1.90. The van der Waals surface area contributed by atoms with Crippen molar-refractivity contribution in [1.29, 1.82) is 0 Å². The summed E-state index contributed by atoms with van der Waals surface area (Å²) in [5.41, 5.74) is 0.